The van der Waals surface area contributed by atoms with E-state index in [4.69, 9.17) is 20.9 Å². The van der Waals surface area contributed by atoms with Gasteiger partial charge in [0.25, 0.3) is 5.89 Å². The van der Waals surface area contributed by atoms with E-state index in [1.165, 1.54) is 5.56 Å². The molecule has 4 aromatic rings. The molecule has 0 spiro atoms. The molecule has 174 valence electrons. The number of hydrogen-bond donors (Lipinski definition) is 0. The summed E-state index contributed by atoms with van der Waals surface area (Å²) in [7, 11) is 0. The third kappa shape index (κ3) is 5.46. The summed E-state index contributed by atoms with van der Waals surface area (Å²) < 4.78 is 11.6. The Balaban J connectivity index is 1.15. The topological polar surface area (TPSA) is 64.3 Å². The highest BCUT2D eigenvalue weighted by Gasteiger charge is 2.20. The first-order valence-electron chi connectivity index (χ1n) is 11.6. The second kappa shape index (κ2) is 10.4. The molecule has 1 fully saturated rings. The molecule has 3 heterocycles. The highest BCUT2D eigenvalue weighted by molar-refractivity contribution is 6.31. The van der Waals surface area contributed by atoms with Crippen LogP contribution in [0.15, 0.2) is 71.4 Å². The van der Waals surface area contributed by atoms with E-state index in [1.54, 1.807) is 6.20 Å². The molecule has 1 saturated heterocycles. The molecule has 0 saturated carbocycles. The standard InChI is InChI=1S/C27H27ClN4O2/c1-19-9-10-22(16-29-19)26-30-27(34-31-26)21-6-4-7-24(15-21)33-18-20-11-13-32(14-12-20)17-23-5-2-3-8-25(23)28/h2-10,15-16,20H,11-14,17-18H2,1H3. The average molecular weight is 475 g/mol. The molecule has 2 aromatic carbocycles. The summed E-state index contributed by atoms with van der Waals surface area (Å²) in [6.07, 6.45) is 3.98. The largest absolute Gasteiger partial charge is 0.493 e. The Morgan fingerprint density at radius 1 is 1.03 bits per heavy atom. The van der Waals surface area contributed by atoms with Crippen LogP contribution < -0.4 is 4.74 Å². The number of aromatic nitrogens is 3. The van der Waals surface area contributed by atoms with E-state index >= 15 is 0 Å². The second-order valence-electron chi connectivity index (χ2n) is 8.76. The minimum Gasteiger partial charge on any atom is -0.493 e. The van der Waals surface area contributed by atoms with E-state index < -0.39 is 0 Å². The fourth-order valence-corrected chi connectivity index (χ4v) is 4.37. The number of likely N-dealkylation sites (tertiary alicyclic amines) is 1. The highest BCUT2D eigenvalue weighted by atomic mass is 35.5. The van der Waals surface area contributed by atoms with Crippen LogP contribution in [0.4, 0.5) is 0 Å². The van der Waals surface area contributed by atoms with Crippen molar-refractivity contribution >= 4 is 11.6 Å². The maximum absolute atomic E-state index is 6.32. The lowest BCUT2D eigenvalue weighted by atomic mass is 9.97. The van der Waals surface area contributed by atoms with Crippen LogP contribution in [0.25, 0.3) is 22.8 Å². The molecule has 1 aliphatic rings. The lowest BCUT2D eigenvalue weighted by Gasteiger charge is -2.32. The number of halogens is 1. The van der Waals surface area contributed by atoms with Gasteiger partial charge in [-0.05, 0) is 80.7 Å². The minimum absolute atomic E-state index is 0.467. The lowest BCUT2D eigenvalue weighted by Crippen LogP contribution is -2.35. The van der Waals surface area contributed by atoms with Crippen LogP contribution in [0.5, 0.6) is 5.75 Å². The number of piperidine rings is 1. The Hall–Kier alpha value is -3.22. The quantitative estimate of drug-likeness (QED) is 0.325. The molecular formula is C27H27ClN4O2. The van der Waals surface area contributed by atoms with E-state index in [0.29, 0.717) is 24.2 Å². The van der Waals surface area contributed by atoms with Crippen molar-refractivity contribution < 1.29 is 9.26 Å². The van der Waals surface area contributed by atoms with E-state index in [2.05, 4.69) is 26.1 Å². The minimum atomic E-state index is 0.467. The van der Waals surface area contributed by atoms with Gasteiger partial charge in [-0.2, -0.15) is 4.98 Å². The normalized spacial score (nSPS) is 14.9. The van der Waals surface area contributed by atoms with Crippen molar-refractivity contribution in [2.24, 2.45) is 5.92 Å². The molecule has 5 rings (SSSR count). The molecule has 1 aliphatic heterocycles. The van der Waals surface area contributed by atoms with Crippen molar-refractivity contribution in [2.75, 3.05) is 19.7 Å². The number of aryl methyl sites for hydroxylation is 1. The molecule has 0 atom stereocenters. The number of hydrogen-bond acceptors (Lipinski definition) is 6. The number of ether oxygens (including phenoxy) is 1. The molecule has 6 nitrogen and oxygen atoms in total. The predicted molar refractivity (Wildman–Crippen MR) is 133 cm³/mol. The van der Waals surface area contributed by atoms with Gasteiger partial charge in [0, 0.05) is 34.6 Å². The fraction of sp³-hybridized carbons (Fsp3) is 0.296. The van der Waals surface area contributed by atoms with Crippen LogP contribution in [0.2, 0.25) is 5.02 Å². The molecule has 0 amide bonds. The van der Waals surface area contributed by atoms with Crippen molar-refractivity contribution in [1.29, 1.82) is 0 Å². The van der Waals surface area contributed by atoms with Gasteiger partial charge in [-0.1, -0.05) is 41.0 Å². The van der Waals surface area contributed by atoms with Crippen molar-refractivity contribution in [3.8, 4) is 28.6 Å². The number of pyridine rings is 1. The fourth-order valence-electron chi connectivity index (χ4n) is 4.17. The molecule has 0 bridgehead atoms. The van der Waals surface area contributed by atoms with Crippen molar-refractivity contribution in [3.05, 3.63) is 83.1 Å². The SMILES string of the molecule is Cc1ccc(-c2noc(-c3cccc(OCC4CCN(Cc5ccccc5Cl)CC4)c3)n2)cn1. The molecule has 0 N–H and O–H groups in total. The number of benzene rings is 2. The first-order valence-corrected chi connectivity index (χ1v) is 12.0. The van der Waals surface area contributed by atoms with Gasteiger partial charge in [0.15, 0.2) is 0 Å². The van der Waals surface area contributed by atoms with Crippen LogP contribution in [-0.2, 0) is 6.54 Å². The van der Waals surface area contributed by atoms with Crippen LogP contribution in [-0.4, -0.2) is 39.7 Å². The maximum Gasteiger partial charge on any atom is 0.258 e. The third-order valence-corrected chi connectivity index (χ3v) is 6.59. The molecule has 0 aliphatic carbocycles. The van der Waals surface area contributed by atoms with E-state index in [0.717, 1.165) is 60.1 Å². The summed E-state index contributed by atoms with van der Waals surface area (Å²) in [5, 5.41) is 4.95. The first-order chi connectivity index (χ1) is 16.6. The lowest BCUT2D eigenvalue weighted by molar-refractivity contribution is 0.137. The van der Waals surface area contributed by atoms with Gasteiger partial charge in [0.05, 0.1) is 6.61 Å². The van der Waals surface area contributed by atoms with E-state index in [-0.39, 0.29) is 0 Å². The second-order valence-corrected chi connectivity index (χ2v) is 9.17. The summed E-state index contributed by atoms with van der Waals surface area (Å²) >= 11 is 6.32. The maximum atomic E-state index is 6.32. The molecule has 0 radical (unpaired) electrons. The summed E-state index contributed by atoms with van der Waals surface area (Å²) in [5.74, 6) is 2.34. The Morgan fingerprint density at radius 2 is 1.88 bits per heavy atom. The Kier molecular flexibility index (Phi) is 6.88. The van der Waals surface area contributed by atoms with E-state index in [1.807, 2.05) is 61.5 Å². The predicted octanol–water partition coefficient (Wildman–Crippen LogP) is 6.05. The Morgan fingerprint density at radius 3 is 2.68 bits per heavy atom. The molecule has 0 unspecified atom stereocenters. The zero-order valence-electron chi connectivity index (χ0n) is 19.2. The van der Waals surface area contributed by atoms with Crippen LogP contribution in [0.3, 0.4) is 0 Å². The summed E-state index contributed by atoms with van der Waals surface area (Å²) in [6, 6.07) is 19.8. The van der Waals surface area contributed by atoms with Crippen molar-refractivity contribution in [3.63, 3.8) is 0 Å². The van der Waals surface area contributed by atoms with Gasteiger partial charge >= 0.3 is 0 Å². The zero-order valence-corrected chi connectivity index (χ0v) is 19.9. The molecule has 2 aromatic heterocycles. The third-order valence-electron chi connectivity index (χ3n) is 6.22. The zero-order chi connectivity index (χ0) is 23.3. The first kappa shape index (κ1) is 22.6. The van der Waals surface area contributed by atoms with Gasteiger partial charge in [-0.3, -0.25) is 9.88 Å². The van der Waals surface area contributed by atoms with Gasteiger partial charge in [0.2, 0.25) is 5.82 Å². The monoisotopic (exact) mass is 474 g/mol. The number of nitrogens with zero attached hydrogens (tertiary/aromatic N) is 4. The van der Waals surface area contributed by atoms with Gasteiger partial charge in [0.1, 0.15) is 5.75 Å². The van der Waals surface area contributed by atoms with Crippen molar-refractivity contribution in [1.82, 2.24) is 20.0 Å². The summed E-state index contributed by atoms with van der Waals surface area (Å²) in [5.41, 5.74) is 3.81. The summed E-state index contributed by atoms with van der Waals surface area (Å²) in [4.78, 5) is 11.3. The highest BCUT2D eigenvalue weighted by Crippen LogP contribution is 2.27. The van der Waals surface area contributed by atoms with Crippen LogP contribution >= 0.6 is 11.6 Å². The Bertz CT molecular complexity index is 1230. The van der Waals surface area contributed by atoms with Gasteiger partial charge < -0.3 is 9.26 Å². The average Bonchev–Trinajstić information content (AvgIpc) is 3.36. The van der Waals surface area contributed by atoms with Crippen molar-refractivity contribution in [2.45, 2.75) is 26.3 Å². The Labute approximate surface area is 204 Å². The van der Waals surface area contributed by atoms with Crippen LogP contribution in [0, 0.1) is 12.8 Å². The smallest absolute Gasteiger partial charge is 0.258 e. The van der Waals surface area contributed by atoms with Gasteiger partial charge in [-0.25, -0.2) is 0 Å². The summed E-state index contributed by atoms with van der Waals surface area (Å²) in [6.45, 7) is 5.66. The molecule has 7 heteroatoms. The molecule has 34 heavy (non-hydrogen) atoms. The van der Waals surface area contributed by atoms with E-state index in [9.17, 15) is 0 Å². The number of rotatable bonds is 7. The molecular weight excluding hydrogens is 448 g/mol. The van der Waals surface area contributed by atoms with Crippen LogP contribution in [0.1, 0.15) is 24.1 Å². The van der Waals surface area contributed by atoms with Gasteiger partial charge in [-0.15, -0.1) is 0 Å².